The summed E-state index contributed by atoms with van der Waals surface area (Å²) in [5, 5.41) is 0.478. The average molecular weight is 256 g/mol. The van der Waals surface area contributed by atoms with Gasteiger partial charge in [0.2, 0.25) is 0 Å². The maximum absolute atomic E-state index is 10.6. The lowest BCUT2D eigenvalue weighted by Gasteiger charge is -2.23. The zero-order valence-electron chi connectivity index (χ0n) is 9.30. The molecule has 0 spiro atoms. The number of likely N-dealkylation sites (tertiary alicyclic amines) is 1. The molecule has 0 aromatic carbocycles. The fourth-order valence-electron chi connectivity index (χ4n) is 2.09. The first-order valence-electron chi connectivity index (χ1n) is 5.44. The van der Waals surface area contributed by atoms with Gasteiger partial charge in [-0.15, -0.1) is 0 Å². The number of ether oxygens (including phenoxy) is 1. The molecule has 1 aliphatic rings. The van der Waals surface area contributed by atoms with E-state index in [1.807, 2.05) is 6.07 Å². The zero-order valence-corrected chi connectivity index (χ0v) is 10.1. The number of halogens is 1. The first-order valence-corrected chi connectivity index (χ1v) is 5.82. The molecule has 0 radical (unpaired) electrons. The lowest BCUT2D eigenvalue weighted by Crippen LogP contribution is -2.29. The second-order valence-electron chi connectivity index (χ2n) is 3.98. The Bertz CT molecular complexity index is 396. The van der Waals surface area contributed by atoms with Crippen molar-refractivity contribution in [3.05, 3.63) is 29.0 Å². The normalized spacial score (nSPS) is 20.4. The molecule has 0 unspecified atom stereocenters. The molecule has 92 valence electrons. The van der Waals surface area contributed by atoms with Gasteiger partial charge in [-0.2, -0.15) is 0 Å². The molecule has 1 saturated heterocycles. The van der Waals surface area contributed by atoms with E-state index in [1.54, 1.807) is 12.3 Å². The largest absolute Gasteiger partial charge is 0.434 e. The van der Waals surface area contributed by atoms with Gasteiger partial charge in [0.1, 0.15) is 11.9 Å². The van der Waals surface area contributed by atoms with Crippen LogP contribution in [0.2, 0.25) is 5.15 Å². The standard InChI is InChI=1S/C11H14ClN3O2/c12-10-4-3-8(6-14-10)9-2-1-5-15(9)7-17-11(13)16/h3-4,6,9H,1-2,5,7H2,(H2,13,16)/t9-/m0/s1. The molecule has 0 bridgehead atoms. The van der Waals surface area contributed by atoms with E-state index in [2.05, 4.69) is 9.88 Å². The van der Waals surface area contributed by atoms with Crippen LogP contribution in [-0.2, 0) is 4.74 Å². The topological polar surface area (TPSA) is 68.5 Å². The number of amides is 1. The number of aromatic nitrogens is 1. The van der Waals surface area contributed by atoms with Crippen molar-refractivity contribution in [2.45, 2.75) is 18.9 Å². The molecule has 1 aromatic heterocycles. The van der Waals surface area contributed by atoms with E-state index in [4.69, 9.17) is 22.1 Å². The number of nitrogens with two attached hydrogens (primary N) is 1. The second kappa shape index (κ2) is 5.33. The average Bonchev–Trinajstić information content (AvgIpc) is 2.75. The summed E-state index contributed by atoms with van der Waals surface area (Å²) >= 11 is 5.75. The molecule has 1 amide bonds. The van der Waals surface area contributed by atoms with E-state index < -0.39 is 6.09 Å². The minimum atomic E-state index is -0.745. The van der Waals surface area contributed by atoms with E-state index in [-0.39, 0.29) is 12.8 Å². The maximum Gasteiger partial charge on any atom is 0.405 e. The van der Waals surface area contributed by atoms with Crippen molar-refractivity contribution in [3.63, 3.8) is 0 Å². The summed E-state index contributed by atoms with van der Waals surface area (Å²) in [7, 11) is 0. The van der Waals surface area contributed by atoms with E-state index >= 15 is 0 Å². The summed E-state index contributed by atoms with van der Waals surface area (Å²) in [5.41, 5.74) is 6.04. The number of carbonyl (C=O) groups excluding carboxylic acids is 1. The summed E-state index contributed by atoms with van der Waals surface area (Å²) < 4.78 is 4.82. The first kappa shape index (κ1) is 12.1. The minimum Gasteiger partial charge on any atom is -0.434 e. The number of carbonyl (C=O) groups is 1. The van der Waals surface area contributed by atoms with Crippen LogP contribution in [0.5, 0.6) is 0 Å². The van der Waals surface area contributed by atoms with Crippen LogP contribution >= 0.6 is 11.6 Å². The third kappa shape index (κ3) is 3.08. The van der Waals surface area contributed by atoms with Gasteiger partial charge in [-0.3, -0.25) is 4.90 Å². The third-order valence-corrected chi connectivity index (χ3v) is 3.09. The van der Waals surface area contributed by atoms with Crippen molar-refractivity contribution in [1.82, 2.24) is 9.88 Å². The zero-order chi connectivity index (χ0) is 12.3. The number of primary amides is 1. The molecule has 6 heteroatoms. The highest BCUT2D eigenvalue weighted by Crippen LogP contribution is 2.31. The van der Waals surface area contributed by atoms with E-state index in [0.29, 0.717) is 5.15 Å². The summed E-state index contributed by atoms with van der Waals surface area (Å²) in [6, 6.07) is 3.93. The Kier molecular flexibility index (Phi) is 3.81. The molecular weight excluding hydrogens is 242 g/mol. The van der Waals surface area contributed by atoms with Gasteiger partial charge in [-0.1, -0.05) is 17.7 Å². The third-order valence-electron chi connectivity index (χ3n) is 2.87. The molecular formula is C11H14ClN3O2. The van der Waals surface area contributed by atoms with Crippen LogP contribution in [-0.4, -0.2) is 29.3 Å². The molecule has 0 aliphatic carbocycles. The van der Waals surface area contributed by atoms with Crippen LogP contribution in [0, 0.1) is 0 Å². The van der Waals surface area contributed by atoms with Gasteiger partial charge in [0, 0.05) is 18.8 Å². The van der Waals surface area contributed by atoms with Gasteiger partial charge in [-0.25, -0.2) is 9.78 Å². The van der Waals surface area contributed by atoms with E-state index in [9.17, 15) is 4.79 Å². The van der Waals surface area contributed by atoms with Crippen molar-refractivity contribution in [2.75, 3.05) is 13.3 Å². The van der Waals surface area contributed by atoms with Crippen LogP contribution in [0.4, 0.5) is 4.79 Å². The SMILES string of the molecule is NC(=O)OCN1CCC[C@H]1c1ccc(Cl)nc1. The molecule has 1 atom stereocenters. The molecule has 1 aromatic rings. The van der Waals surface area contributed by atoms with Crippen LogP contribution in [0.1, 0.15) is 24.4 Å². The van der Waals surface area contributed by atoms with Crippen LogP contribution in [0.3, 0.4) is 0 Å². The van der Waals surface area contributed by atoms with Crippen LogP contribution < -0.4 is 5.73 Å². The van der Waals surface area contributed by atoms with Crippen LogP contribution in [0.15, 0.2) is 18.3 Å². The highest BCUT2D eigenvalue weighted by molar-refractivity contribution is 6.29. The second-order valence-corrected chi connectivity index (χ2v) is 4.36. The van der Waals surface area contributed by atoms with Gasteiger partial charge in [0.05, 0.1) is 0 Å². The van der Waals surface area contributed by atoms with E-state index in [0.717, 1.165) is 24.9 Å². The number of pyridine rings is 1. The first-order chi connectivity index (χ1) is 8.16. The molecule has 2 rings (SSSR count). The van der Waals surface area contributed by atoms with E-state index in [1.165, 1.54) is 0 Å². The van der Waals surface area contributed by atoms with Crippen LogP contribution in [0.25, 0.3) is 0 Å². The Hall–Kier alpha value is -1.33. The number of rotatable bonds is 3. The smallest absolute Gasteiger partial charge is 0.405 e. The lowest BCUT2D eigenvalue weighted by atomic mass is 10.1. The number of nitrogens with zero attached hydrogens (tertiary/aromatic N) is 2. The molecule has 0 saturated carbocycles. The fourth-order valence-corrected chi connectivity index (χ4v) is 2.20. The lowest BCUT2D eigenvalue weighted by molar-refractivity contribution is 0.0671. The molecule has 5 nitrogen and oxygen atoms in total. The van der Waals surface area contributed by atoms with Gasteiger partial charge in [0.25, 0.3) is 0 Å². The summed E-state index contributed by atoms with van der Waals surface area (Å²) in [5.74, 6) is 0. The highest BCUT2D eigenvalue weighted by atomic mass is 35.5. The predicted octanol–water partition coefficient (Wildman–Crippen LogP) is 1.92. The Morgan fingerprint density at radius 2 is 2.47 bits per heavy atom. The highest BCUT2D eigenvalue weighted by Gasteiger charge is 2.26. The van der Waals surface area contributed by atoms with Gasteiger partial charge in [0.15, 0.2) is 0 Å². The van der Waals surface area contributed by atoms with Gasteiger partial charge >= 0.3 is 6.09 Å². The minimum absolute atomic E-state index is 0.221. The van der Waals surface area contributed by atoms with Gasteiger partial charge < -0.3 is 10.5 Å². The number of hydrogen-bond acceptors (Lipinski definition) is 4. The summed E-state index contributed by atoms with van der Waals surface area (Å²) in [6.45, 7) is 1.11. The molecule has 1 aliphatic heterocycles. The Labute approximate surface area is 105 Å². The Morgan fingerprint density at radius 1 is 1.65 bits per heavy atom. The van der Waals surface area contributed by atoms with Crippen molar-refractivity contribution in [2.24, 2.45) is 5.73 Å². The summed E-state index contributed by atoms with van der Waals surface area (Å²) in [4.78, 5) is 16.7. The monoisotopic (exact) mass is 255 g/mol. The van der Waals surface area contributed by atoms with Crippen molar-refractivity contribution >= 4 is 17.7 Å². The molecule has 17 heavy (non-hydrogen) atoms. The molecule has 2 heterocycles. The Balaban J connectivity index is 2.03. The predicted molar refractivity (Wildman–Crippen MR) is 63.5 cm³/mol. The molecule has 1 fully saturated rings. The van der Waals surface area contributed by atoms with Crippen molar-refractivity contribution < 1.29 is 9.53 Å². The maximum atomic E-state index is 10.6. The molecule has 2 N–H and O–H groups in total. The van der Waals surface area contributed by atoms with Crippen molar-refractivity contribution in [3.8, 4) is 0 Å². The van der Waals surface area contributed by atoms with Crippen molar-refractivity contribution in [1.29, 1.82) is 0 Å². The number of hydrogen-bond donors (Lipinski definition) is 1. The van der Waals surface area contributed by atoms with Gasteiger partial charge in [-0.05, 0) is 24.5 Å². The quantitative estimate of drug-likeness (QED) is 0.838. The Morgan fingerprint density at radius 3 is 3.12 bits per heavy atom. The summed E-state index contributed by atoms with van der Waals surface area (Å²) in [6.07, 6.45) is 3.10. The fraction of sp³-hybridized carbons (Fsp3) is 0.455.